The van der Waals surface area contributed by atoms with Crippen LogP contribution in [0.2, 0.25) is 0 Å². The summed E-state index contributed by atoms with van der Waals surface area (Å²) in [5.41, 5.74) is 3.60. The van der Waals surface area contributed by atoms with E-state index in [1.54, 1.807) is 18.1 Å². The van der Waals surface area contributed by atoms with Gasteiger partial charge in [0.1, 0.15) is 18.1 Å². The third-order valence-electron chi connectivity index (χ3n) is 6.44. The molecule has 194 valence electrons. The van der Waals surface area contributed by atoms with Gasteiger partial charge < -0.3 is 24.7 Å². The SMILES string of the molecule is COCCNC(=O)c1ccc(C2=NCC(=O)N(Cc3ccc(OC)cc3)c3c2[nH]c2ccccc32)c(F)c1. The molecule has 4 aromatic rings. The van der Waals surface area contributed by atoms with Crippen LogP contribution in [0, 0.1) is 5.82 Å². The van der Waals surface area contributed by atoms with E-state index >= 15 is 4.39 Å². The minimum absolute atomic E-state index is 0.152. The molecule has 1 aliphatic rings. The summed E-state index contributed by atoms with van der Waals surface area (Å²) in [4.78, 5) is 35.4. The minimum atomic E-state index is -0.608. The Morgan fingerprint density at radius 1 is 1.11 bits per heavy atom. The Morgan fingerprint density at radius 3 is 2.63 bits per heavy atom. The van der Waals surface area contributed by atoms with Crippen molar-refractivity contribution in [3.63, 3.8) is 0 Å². The topological polar surface area (TPSA) is 96.0 Å². The number of anilines is 1. The predicted octanol–water partition coefficient (Wildman–Crippen LogP) is 4.08. The summed E-state index contributed by atoms with van der Waals surface area (Å²) in [7, 11) is 3.14. The molecule has 3 aromatic carbocycles. The molecule has 2 amide bonds. The number of hydrogen-bond donors (Lipinski definition) is 2. The van der Waals surface area contributed by atoms with Crippen LogP contribution in [0.15, 0.2) is 71.7 Å². The smallest absolute Gasteiger partial charge is 0.251 e. The lowest BCUT2D eigenvalue weighted by Gasteiger charge is -2.22. The molecule has 0 aliphatic carbocycles. The molecule has 9 heteroatoms. The van der Waals surface area contributed by atoms with Gasteiger partial charge in [-0.1, -0.05) is 30.3 Å². The van der Waals surface area contributed by atoms with Crippen molar-refractivity contribution < 1.29 is 23.5 Å². The van der Waals surface area contributed by atoms with Crippen molar-refractivity contribution in [2.45, 2.75) is 6.54 Å². The molecule has 0 spiro atoms. The number of aromatic nitrogens is 1. The zero-order chi connectivity index (χ0) is 26.6. The number of nitrogens with one attached hydrogen (secondary N) is 2. The van der Waals surface area contributed by atoms with Crippen LogP contribution in [0.25, 0.3) is 10.9 Å². The summed E-state index contributed by atoms with van der Waals surface area (Å²) < 4.78 is 25.7. The number of para-hydroxylation sites is 1. The number of halogens is 1. The highest BCUT2D eigenvalue weighted by molar-refractivity contribution is 6.23. The molecule has 0 saturated carbocycles. The number of methoxy groups -OCH3 is 2. The van der Waals surface area contributed by atoms with E-state index in [9.17, 15) is 9.59 Å². The van der Waals surface area contributed by atoms with Crippen LogP contribution >= 0.6 is 0 Å². The quantitative estimate of drug-likeness (QED) is 0.347. The zero-order valence-corrected chi connectivity index (χ0v) is 21.1. The van der Waals surface area contributed by atoms with Gasteiger partial charge in [-0.25, -0.2) is 4.39 Å². The zero-order valence-electron chi connectivity index (χ0n) is 21.1. The van der Waals surface area contributed by atoms with E-state index in [0.29, 0.717) is 36.8 Å². The van der Waals surface area contributed by atoms with Crippen molar-refractivity contribution in [2.24, 2.45) is 4.99 Å². The Balaban J connectivity index is 1.55. The monoisotopic (exact) mass is 514 g/mol. The third-order valence-corrected chi connectivity index (χ3v) is 6.44. The number of rotatable bonds is 8. The first-order valence-corrected chi connectivity index (χ1v) is 12.2. The highest BCUT2D eigenvalue weighted by Crippen LogP contribution is 2.36. The summed E-state index contributed by atoms with van der Waals surface area (Å²) in [6, 6.07) is 19.4. The van der Waals surface area contributed by atoms with E-state index < -0.39 is 11.7 Å². The molecule has 1 aromatic heterocycles. The molecule has 0 fully saturated rings. The highest BCUT2D eigenvalue weighted by Gasteiger charge is 2.30. The van der Waals surface area contributed by atoms with Gasteiger partial charge >= 0.3 is 0 Å². The average molecular weight is 515 g/mol. The maximum Gasteiger partial charge on any atom is 0.251 e. The summed E-state index contributed by atoms with van der Waals surface area (Å²) in [6.45, 7) is 0.827. The van der Waals surface area contributed by atoms with Gasteiger partial charge in [-0.2, -0.15) is 0 Å². The number of H-pyrrole nitrogens is 1. The van der Waals surface area contributed by atoms with Crippen molar-refractivity contribution in [1.29, 1.82) is 0 Å². The first kappa shape index (κ1) is 25.2. The number of carbonyl (C=O) groups is 2. The molecule has 8 nitrogen and oxygen atoms in total. The van der Waals surface area contributed by atoms with Gasteiger partial charge in [-0.3, -0.25) is 14.6 Å². The van der Waals surface area contributed by atoms with Gasteiger partial charge in [0.2, 0.25) is 5.91 Å². The fourth-order valence-electron chi connectivity index (χ4n) is 4.53. The molecule has 38 heavy (non-hydrogen) atoms. The van der Waals surface area contributed by atoms with E-state index in [1.165, 1.54) is 19.2 Å². The number of hydrogen-bond acceptors (Lipinski definition) is 5. The average Bonchev–Trinajstić information content (AvgIpc) is 3.25. The van der Waals surface area contributed by atoms with Gasteiger partial charge in [0.05, 0.1) is 37.4 Å². The molecule has 0 saturated heterocycles. The lowest BCUT2D eigenvalue weighted by Crippen LogP contribution is -2.31. The van der Waals surface area contributed by atoms with Crippen molar-refractivity contribution in [3.8, 4) is 5.75 Å². The lowest BCUT2D eigenvalue weighted by atomic mass is 10.0. The van der Waals surface area contributed by atoms with Gasteiger partial charge in [0.15, 0.2) is 0 Å². The number of fused-ring (bicyclic) bond motifs is 3. The van der Waals surface area contributed by atoms with Crippen LogP contribution in [0.4, 0.5) is 10.1 Å². The van der Waals surface area contributed by atoms with E-state index in [-0.39, 0.29) is 23.6 Å². The van der Waals surface area contributed by atoms with Crippen LogP contribution in [0.5, 0.6) is 5.75 Å². The standard InChI is InChI=1S/C29H27FN4O4/c1-37-14-13-31-29(36)19-9-12-21(23(30)15-19)26-27-28(22-5-3-4-6-24(22)33-27)34(25(35)16-32-26)17-18-7-10-20(38-2)11-8-18/h3-12,15,33H,13-14,16-17H2,1-2H3,(H,31,36). The fraction of sp³-hybridized carbons (Fsp3) is 0.207. The number of nitrogens with zero attached hydrogens (tertiary/aromatic N) is 2. The molecule has 2 N–H and O–H groups in total. The Morgan fingerprint density at radius 2 is 1.89 bits per heavy atom. The van der Waals surface area contributed by atoms with Crippen molar-refractivity contribution in [3.05, 3.63) is 94.9 Å². The highest BCUT2D eigenvalue weighted by atomic mass is 19.1. The molecule has 1 aliphatic heterocycles. The van der Waals surface area contributed by atoms with Crippen LogP contribution in [-0.4, -0.2) is 56.4 Å². The molecule has 2 heterocycles. The minimum Gasteiger partial charge on any atom is -0.497 e. The summed E-state index contributed by atoms with van der Waals surface area (Å²) in [5.74, 6) is -0.497. The van der Waals surface area contributed by atoms with Crippen molar-refractivity contribution in [1.82, 2.24) is 10.3 Å². The summed E-state index contributed by atoms with van der Waals surface area (Å²) in [5, 5.41) is 3.51. The van der Waals surface area contributed by atoms with E-state index in [4.69, 9.17) is 9.47 Å². The number of aliphatic imine (C=N–C) groups is 1. The number of amides is 2. The molecule has 0 radical (unpaired) electrons. The Labute approximate surface area is 219 Å². The molecule has 0 bridgehead atoms. The Kier molecular flexibility index (Phi) is 7.19. The van der Waals surface area contributed by atoms with Crippen LogP contribution in [0.1, 0.15) is 27.2 Å². The van der Waals surface area contributed by atoms with E-state index in [0.717, 1.165) is 22.2 Å². The number of benzene rings is 3. The second-order valence-corrected chi connectivity index (χ2v) is 8.83. The maximum absolute atomic E-state index is 15.5. The molecule has 5 rings (SSSR count). The molecule has 0 atom stereocenters. The maximum atomic E-state index is 15.5. The second-order valence-electron chi connectivity index (χ2n) is 8.83. The van der Waals surface area contributed by atoms with Gasteiger partial charge in [-0.15, -0.1) is 0 Å². The van der Waals surface area contributed by atoms with Gasteiger partial charge in [0.25, 0.3) is 5.91 Å². The molecular weight excluding hydrogens is 487 g/mol. The van der Waals surface area contributed by atoms with Crippen molar-refractivity contribution >= 4 is 34.1 Å². The lowest BCUT2D eigenvalue weighted by molar-refractivity contribution is -0.117. The molecular formula is C29H27FN4O4. The Bertz CT molecular complexity index is 1530. The van der Waals surface area contributed by atoms with Gasteiger partial charge in [0, 0.05) is 35.7 Å². The Hall–Kier alpha value is -4.50. The normalized spacial score (nSPS) is 13.2. The number of ether oxygens (including phenoxy) is 2. The van der Waals surface area contributed by atoms with E-state index in [1.807, 2.05) is 48.5 Å². The van der Waals surface area contributed by atoms with Gasteiger partial charge in [-0.05, 0) is 42.0 Å². The first-order chi connectivity index (χ1) is 18.5. The molecule has 0 unspecified atom stereocenters. The van der Waals surface area contributed by atoms with E-state index in [2.05, 4.69) is 15.3 Å². The fourth-order valence-corrected chi connectivity index (χ4v) is 4.53. The number of aromatic amines is 1. The number of carbonyl (C=O) groups excluding carboxylic acids is 2. The van der Waals surface area contributed by atoms with Crippen molar-refractivity contribution in [2.75, 3.05) is 38.8 Å². The first-order valence-electron chi connectivity index (χ1n) is 12.2. The largest absolute Gasteiger partial charge is 0.497 e. The predicted molar refractivity (Wildman–Crippen MR) is 144 cm³/mol. The van der Waals surface area contributed by atoms with Crippen LogP contribution in [0.3, 0.4) is 0 Å². The van der Waals surface area contributed by atoms with Crippen LogP contribution < -0.4 is 15.0 Å². The summed E-state index contributed by atoms with van der Waals surface area (Å²) in [6.07, 6.45) is 0. The summed E-state index contributed by atoms with van der Waals surface area (Å²) >= 11 is 0. The second kappa shape index (κ2) is 10.9. The third kappa shape index (κ3) is 4.88. The van der Waals surface area contributed by atoms with Crippen LogP contribution in [-0.2, 0) is 16.1 Å².